The first-order valence-corrected chi connectivity index (χ1v) is 2.99. The first kappa shape index (κ1) is 6.08. The summed E-state index contributed by atoms with van der Waals surface area (Å²) in [6.07, 6.45) is 3.51. The van der Waals surface area contributed by atoms with Gasteiger partial charge in [-0.15, -0.1) is 0 Å². The highest BCUT2D eigenvalue weighted by molar-refractivity contribution is 5.74. The maximum absolute atomic E-state index is 10.1. The van der Waals surface area contributed by atoms with E-state index in [9.17, 15) is 4.79 Å². The minimum Gasteiger partial charge on any atom is -0.364 e. The van der Waals surface area contributed by atoms with Crippen molar-refractivity contribution in [3.05, 3.63) is 23.5 Å². The van der Waals surface area contributed by atoms with Crippen molar-refractivity contribution in [1.82, 2.24) is 4.98 Å². The third-order valence-electron chi connectivity index (χ3n) is 1.28. The van der Waals surface area contributed by atoms with Crippen LogP contribution in [0.25, 0.3) is 0 Å². The normalized spacial score (nSPS) is 9.44. The average Bonchev–Trinajstić information content (AvgIpc) is 2.34. The minimum atomic E-state index is 0.729. The smallest absolute Gasteiger partial charge is 0.151 e. The molecule has 0 aliphatic rings. The summed E-state index contributed by atoms with van der Waals surface area (Å²) in [5.74, 6) is 0. The van der Waals surface area contributed by atoms with Crippen LogP contribution in [0.3, 0.4) is 0 Å². The summed E-state index contributed by atoms with van der Waals surface area (Å²) in [6, 6.07) is 1.85. The number of hydrogen-bond acceptors (Lipinski definition) is 1. The van der Waals surface area contributed by atoms with Crippen molar-refractivity contribution in [2.75, 3.05) is 0 Å². The molecule has 0 radical (unpaired) electrons. The number of nitrogens with one attached hydrogen (secondary N) is 1. The zero-order valence-corrected chi connectivity index (χ0v) is 5.35. The standard InChI is InChI=1S/C7H9NO/c1-2-7-3-6(5-9)4-8-7/h3-5,8H,2H2,1H3. The van der Waals surface area contributed by atoms with Gasteiger partial charge in [0.2, 0.25) is 0 Å². The molecule has 1 rings (SSSR count). The maximum atomic E-state index is 10.1. The van der Waals surface area contributed by atoms with Crippen molar-refractivity contribution in [3.8, 4) is 0 Å². The Labute approximate surface area is 53.9 Å². The van der Waals surface area contributed by atoms with Crippen molar-refractivity contribution in [1.29, 1.82) is 0 Å². The van der Waals surface area contributed by atoms with Crippen LogP contribution in [0.2, 0.25) is 0 Å². The van der Waals surface area contributed by atoms with E-state index in [0.29, 0.717) is 0 Å². The lowest BCUT2D eigenvalue weighted by atomic mass is 10.3. The molecule has 9 heavy (non-hydrogen) atoms. The van der Waals surface area contributed by atoms with Crippen LogP contribution < -0.4 is 0 Å². The van der Waals surface area contributed by atoms with Crippen molar-refractivity contribution >= 4 is 6.29 Å². The Balaban J connectivity index is 2.86. The molecule has 1 aromatic heterocycles. The molecule has 48 valence electrons. The number of carbonyl (C=O) groups excluding carboxylic acids is 1. The lowest BCUT2D eigenvalue weighted by Crippen LogP contribution is -1.74. The highest BCUT2D eigenvalue weighted by Gasteiger charge is 1.92. The summed E-state index contributed by atoms with van der Waals surface area (Å²) in [7, 11) is 0. The zero-order chi connectivity index (χ0) is 6.69. The Bertz CT molecular complexity index is 202. The molecule has 0 aliphatic carbocycles. The quantitative estimate of drug-likeness (QED) is 0.592. The largest absolute Gasteiger partial charge is 0.364 e. The summed E-state index contributed by atoms with van der Waals surface area (Å²) in [5.41, 5.74) is 1.84. The van der Waals surface area contributed by atoms with Crippen LogP contribution in [0.1, 0.15) is 23.0 Å². The molecule has 1 aromatic rings. The molecule has 2 heteroatoms. The van der Waals surface area contributed by atoms with Gasteiger partial charge < -0.3 is 4.98 Å². The molecule has 0 spiro atoms. The van der Waals surface area contributed by atoms with Crippen LogP contribution >= 0.6 is 0 Å². The van der Waals surface area contributed by atoms with Gasteiger partial charge in [-0.1, -0.05) is 6.92 Å². The Morgan fingerprint density at radius 1 is 1.78 bits per heavy atom. The molecule has 0 amide bonds. The first-order valence-electron chi connectivity index (χ1n) is 2.99. The van der Waals surface area contributed by atoms with Gasteiger partial charge in [-0.2, -0.15) is 0 Å². The van der Waals surface area contributed by atoms with E-state index in [-0.39, 0.29) is 0 Å². The van der Waals surface area contributed by atoms with Crippen LogP contribution in [0.15, 0.2) is 12.3 Å². The van der Waals surface area contributed by atoms with E-state index >= 15 is 0 Å². The van der Waals surface area contributed by atoms with E-state index in [1.807, 2.05) is 13.0 Å². The second kappa shape index (κ2) is 2.49. The van der Waals surface area contributed by atoms with E-state index in [1.165, 1.54) is 0 Å². The van der Waals surface area contributed by atoms with Crippen molar-refractivity contribution < 1.29 is 4.79 Å². The van der Waals surface area contributed by atoms with Crippen LogP contribution in [-0.2, 0) is 6.42 Å². The van der Waals surface area contributed by atoms with Gasteiger partial charge in [-0.25, -0.2) is 0 Å². The number of rotatable bonds is 2. The number of hydrogen-bond donors (Lipinski definition) is 1. The fraction of sp³-hybridized carbons (Fsp3) is 0.286. The number of aromatic amines is 1. The van der Waals surface area contributed by atoms with E-state index in [4.69, 9.17) is 0 Å². The van der Waals surface area contributed by atoms with Gasteiger partial charge in [0.1, 0.15) is 0 Å². The molecule has 0 bridgehead atoms. The second-order valence-corrected chi connectivity index (χ2v) is 1.93. The summed E-state index contributed by atoms with van der Waals surface area (Å²) >= 11 is 0. The number of H-pyrrole nitrogens is 1. The molecule has 1 N–H and O–H groups in total. The third kappa shape index (κ3) is 1.19. The van der Waals surface area contributed by atoms with E-state index < -0.39 is 0 Å². The van der Waals surface area contributed by atoms with Gasteiger partial charge in [-0.05, 0) is 12.5 Å². The van der Waals surface area contributed by atoms with Crippen LogP contribution in [-0.4, -0.2) is 11.3 Å². The number of aromatic nitrogens is 1. The molecule has 0 atom stereocenters. The fourth-order valence-electron chi connectivity index (χ4n) is 0.733. The molecule has 2 nitrogen and oxygen atoms in total. The molecule has 1 heterocycles. The molecule has 0 aliphatic heterocycles. The lowest BCUT2D eigenvalue weighted by Gasteiger charge is -1.81. The Morgan fingerprint density at radius 2 is 2.56 bits per heavy atom. The second-order valence-electron chi connectivity index (χ2n) is 1.93. The highest BCUT2D eigenvalue weighted by Crippen LogP contribution is 1.99. The van der Waals surface area contributed by atoms with Crippen molar-refractivity contribution in [3.63, 3.8) is 0 Å². The first-order chi connectivity index (χ1) is 4.36. The van der Waals surface area contributed by atoms with Crippen LogP contribution in [0.5, 0.6) is 0 Å². The Hall–Kier alpha value is -1.05. The number of aryl methyl sites for hydroxylation is 1. The third-order valence-corrected chi connectivity index (χ3v) is 1.28. The van der Waals surface area contributed by atoms with Gasteiger partial charge in [0, 0.05) is 17.5 Å². The number of aldehydes is 1. The van der Waals surface area contributed by atoms with Crippen LogP contribution in [0, 0.1) is 0 Å². The fourth-order valence-corrected chi connectivity index (χ4v) is 0.733. The molecule has 0 unspecified atom stereocenters. The SMILES string of the molecule is CCc1cc(C=O)c[nH]1. The molecular weight excluding hydrogens is 114 g/mol. The molecular formula is C7H9NO. The van der Waals surface area contributed by atoms with Crippen LogP contribution in [0.4, 0.5) is 0 Å². The Kier molecular flexibility index (Phi) is 1.68. The Morgan fingerprint density at radius 3 is 2.89 bits per heavy atom. The molecule has 0 fully saturated rings. The van der Waals surface area contributed by atoms with E-state index in [1.54, 1.807) is 6.20 Å². The predicted octanol–water partition coefficient (Wildman–Crippen LogP) is 1.39. The molecule has 0 aromatic carbocycles. The summed E-state index contributed by atoms with van der Waals surface area (Å²) in [5, 5.41) is 0. The maximum Gasteiger partial charge on any atom is 0.151 e. The highest BCUT2D eigenvalue weighted by atomic mass is 16.1. The van der Waals surface area contributed by atoms with E-state index in [0.717, 1.165) is 24.0 Å². The summed E-state index contributed by atoms with van der Waals surface area (Å²) < 4.78 is 0. The molecule has 0 saturated heterocycles. The van der Waals surface area contributed by atoms with E-state index in [2.05, 4.69) is 4.98 Å². The molecule has 0 saturated carbocycles. The summed E-state index contributed by atoms with van der Waals surface area (Å²) in [6.45, 7) is 2.04. The van der Waals surface area contributed by atoms with Crippen molar-refractivity contribution in [2.45, 2.75) is 13.3 Å². The zero-order valence-electron chi connectivity index (χ0n) is 5.35. The topological polar surface area (TPSA) is 32.9 Å². The summed E-state index contributed by atoms with van der Waals surface area (Å²) in [4.78, 5) is 13.1. The van der Waals surface area contributed by atoms with Gasteiger partial charge in [-0.3, -0.25) is 4.79 Å². The van der Waals surface area contributed by atoms with Gasteiger partial charge >= 0.3 is 0 Å². The minimum absolute atomic E-state index is 0.729. The number of carbonyl (C=O) groups is 1. The lowest BCUT2D eigenvalue weighted by molar-refractivity contribution is 0.112. The van der Waals surface area contributed by atoms with Gasteiger partial charge in [0.25, 0.3) is 0 Å². The van der Waals surface area contributed by atoms with Gasteiger partial charge in [0.05, 0.1) is 0 Å². The predicted molar refractivity (Wildman–Crippen MR) is 35.6 cm³/mol. The monoisotopic (exact) mass is 123 g/mol. The van der Waals surface area contributed by atoms with Crippen molar-refractivity contribution in [2.24, 2.45) is 0 Å². The van der Waals surface area contributed by atoms with Gasteiger partial charge in [0.15, 0.2) is 6.29 Å². The average molecular weight is 123 g/mol.